The molecule has 1 unspecified atom stereocenters. The summed E-state index contributed by atoms with van der Waals surface area (Å²) < 4.78 is 7.48. The van der Waals surface area contributed by atoms with E-state index in [0.717, 1.165) is 0 Å². The summed E-state index contributed by atoms with van der Waals surface area (Å²) in [6.45, 7) is 0.649. The van der Waals surface area contributed by atoms with Crippen molar-refractivity contribution < 1.29 is 20.9 Å². The first-order chi connectivity index (χ1) is 14.8. The molecule has 0 spiro atoms. The summed E-state index contributed by atoms with van der Waals surface area (Å²) >= 11 is 0. The average Bonchev–Trinajstić information content (AvgIpc) is 3.24. The van der Waals surface area contributed by atoms with E-state index in [2.05, 4.69) is 15.6 Å². The molecule has 1 aromatic carbocycles. The molecule has 7 N–H and O–H groups in total. The Bertz CT molecular complexity index is 787. The zero-order valence-electron chi connectivity index (χ0n) is 17.8. The molecular weight excluding hydrogens is 388 g/mol. The van der Waals surface area contributed by atoms with Gasteiger partial charge in [0.2, 0.25) is 11.8 Å². The number of carboxylic acids is 1. The van der Waals surface area contributed by atoms with Crippen molar-refractivity contribution in [2.75, 3.05) is 20.1 Å². The zero-order valence-corrected chi connectivity index (χ0v) is 16.8. The Hall–Kier alpha value is -3.14. The molecule has 0 saturated carbocycles. The van der Waals surface area contributed by atoms with Gasteiger partial charge in [-0.1, -0.05) is 30.3 Å². The highest BCUT2D eigenvalue weighted by molar-refractivity contribution is 5.92. The molecule has 2 amide bonds. The third-order valence-electron chi connectivity index (χ3n) is 4.98. The molecule has 1 aliphatic heterocycles. The molecule has 0 bridgehead atoms. The second-order valence-corrected chi connectivity index (χ2v) is 7.09. The summed E-state index contributed by atoms with van der Waals surface area (Å²) in [7, 11) is -0.160. The number of carboxylic acid groups (broad SMARTS) is 1. The van der Waals surface area contributed by atoms with Gasteiger partial charge in [0.05, 0.1) is 0 Å². The molecule has 1 aliphatic rings. The number of carbonyl (C=O) groups excluding carboxylic acids is 2. The summed E-state index contributed by atoms with van der Waals surface area (Å²) in [5.41, 5.74) is 11.2. The molecule has 3 atom stereocenters. The van der Waals surface area contributed by atoms with Crippen molar-refractivity contribution in [3.8, 4) is 0 Å². The normalized spacial score (nSPS) is 18.2. The third kappa shape index (κ3) is 6.18. The van der Waals surface area contributed by atoms with Crippen molar-refractivity contribution in [1.82, 2.24) is 15.5 Å². The van der Waals surface area contributed by atoms with E-state index >= 15 is 0 Å². The first-order valence-electron chi connectivity index (χ1n) is 10.5. The maximum atomic E-state index is 13.2. The fourth-order valence-corrected chi connectivity index (χ4v) is 3.49. The topological polar surface area (TPSA) is 163 Å². The van der Waals surface area contributed by atoms with E-state index in [9.17, 15) is 19.5 Å². The largest absolute Gasteiger partial charge is 0.480 e. The van der Waals surface area contributed by atoms with E-state index in [1.165, 1.54) is 4.90 Å². The molecule has 0 radical (unpaired) electrons. The minimum absolute atomic E-state index is 0.0784. The van der Waals surface area contributed by atoms with E-state index in [0.29, 0.717) is 31.4 Å². The highest BCUT2D eigenvalue weighted by atomic mass is 16.4. The summed E-state index contributed by atoms with van der Waals surface area (Å²) in [5.74, 6) is -2.05. The van der Waals surface area contributed by atoms with E-state index in [1.807, 2.05) is 6.07 Å². The Morgan fingerprint density at radius 2 is 2.07 bits per heavy atom. The molecule has 2 rings (SSSR count). The van der Waals surface area contributed by atoms with E-state index in [1.54, 1.807) is 24.3 Å². The molecule has 1 saturated heterocycles. The number of likely N-dealkylation sites (N-methyl/N-ethyl adjacent to an activating group) is 1. The van der Waals surface area contributed by atoms with E-state index in [-0.39, 0.29) is 31.9 Å². The molecule has 30 heavy (non-hydrogen) atoms. The summed E-state index contributed by atoms with van der Waals surface area (Å²) in [4.78, 5) is 42.9. The quantitative estimate of drug-likeness (QED) is 0.195. The molecule has 0 aromatic heterocycles. The first kappa shape index (κ1) is 21.6. The van der Waals surface area contributed by atoms with Crippen LogP contribution >= 0.6 is 0 Å². The Morgan fingerprint density at radius 3 is 2.70 bits per heavy atom. The van der Waals surface area contributed by atoms with Crippen LogP contribution in [0.5, 0.6) is 0 Å². The van der Waals surface area contributed by atoms with Crippen LogP contribution < -0.4 is 22.1 Å². The van der Waals surface area contributed by atoms with Crippen LogP contribution in [0.2, 0.25) is 0 Å². The van der Waals surface area contributed by atoms with Crippen LogP contribution in [0.25, 0.3) is 0 Å². The second kappa shape index (κ2) is 11.1. The number of likely N-dealkylation sites (tertiary alicyclic amines) is 1. The van der Waals surface area contributed by atoms with Gasteiger partial charge in [-0.05, 0) is 38.3 Å². The van der Waals surface area contributed by atoms with Crippen molar-refractivity contribution in [2.24, 2.45) is 16.5 Å². The summed E-state index contributed by atoms with van der Waals surface area (Å²) in [6, 6.07) is 6.39. The Labute approximate surface area is 177 Å². The lowest BCUT2D eigenvalue weighted by Gasteiger charge is -2.29. The van der Waals surface area contributed by atoms with Gasteiger partial charge in [-0.2, -0.15) is 0 Å². The number of carbonyl (C=O) groups is 3. The molecule has 1 heterocycles. The number of amides is 2. The van der Waals surface area contributed by atoms with Gasteiger partial charge in [0.1, 0.15) is 18.1 Å². The maximum absolute atomic E-state index is 13.2. The highest BCUT2D eigenvalue weighted by Crippen LogP contribution is 2.23. The number of nitrogens with one attached hydrogen (secondary N) is 2. The average molecular weight is 420 g/mol. The number of benzene rings is 1. The molecular formula is C20H30N6O4. The van der Waals surface area contributed by atoms with Crippen molar-refractivity contribution in [3.63, 3.8) is 0 Å². The van der Waals surface area contributed by atoms with Crippen LogP contribution in [0.15, 0.2) is 35.3 Å². The minimum Gasteiger partial charge on any atom is -0.480 e. The number of aliphatic carboxylic acids is 1. The maximum Gasteiger partial charge on any atom is 0.326 e. The fraction of sp³-hybridized carbons (Fsp3) is 0.500. The Morgan fingerprint density at radius 1 is 1.33 bits per heavy atom. The first-order valence-corrected chi connectivity index (χ1v) is 9.81. The molecule has 1 fully saturated rings. The Balaban J connectivity index is 2.06. The second-order valence-electron chi connectivity index (χ2n) is 7.09. The van der Waals surface area contributed by atoms with E-state index in [4.69, 9.17) is 12.8 Å². The van der Waals surface area contributed by atoms with Crippen molar-refractivity contribution in [2.45, 2.75) is 43.8 Å². The van der Waals surface area contributed by atoms with Gasteiger partial charge in [0.15, 0.2) is 5.96 Å². The van der Waals surface area contributed by atoms with Crippen LogP contribution in [0, 0.1) is 0 Å². The molecule has 164 valence electrons. The van der Waals surface area contributed by atoms with Gasteiger partial charge in [-0.15, -0.1) is 0 Å². The number of rotatable bonds is 10. The SMILES string of the molecule is [2H]CNC(C(=O)N1CCC[C@H]1C(=O)N[C@@H](CCCN=C(N)N)C(=O)O)c1ccccc1. The lowest BCUT2D eigenvalue weighted by atomic mass is 10.0. The highest BCUT2D eigenvalue weighted by Gasteiger charge is 2.38. The van der Waals surface area contributed by atoms with Gasteiger partial charge < -0.3 is 32.1 Å². The third-order valence-corrected chi connectivity index (χ3v) is 4.98. The molecule has 0 aliphatic carbocycles. The lowest BCUT2D eigenvalue weighted by molar-refractivity contribution is -0.144. The fourth-order valence-electron chi connectivity index (χ4n) is 3.49. The Kier molecular flexibility index (Phi) is 8.02. The van der Waals surface area contributed by atoms with Crippen molar-refractivity contribution in [1.29, 1.82) is 0 Å². The van der Waals surface area contributed by atoms with Gasteiger partial charge in [-0.3, -0.25) is 14.6 Å². The number of nitrogens with zero attached hydrogens (tertiary/aromatic N) is 2. The van der Waals surface area contributed by atoms with Gasteiger partial charge in [0.25, 0.3) is 0 Å². The number of hydrogen-bond acceptors (Lipinski definition) is 5. The van der Waals surface area contributed by atoms with Crippen LogP contribution in [0.4, 0.5) is 0 Å². The lowest BCUT2D eigenvalue weighted by Crippen LogP contribution is -2.52. The standard InChI is InChI=1S/C20H30N6O4/c1-23-16(13-7-3-2-4-8-13)18(28)26-12-6-10-15(26)17(27)25-14(19(29)30)9-5-11-24-20(21)22/h2-4,7-8,14-16,23H,5-6,9-12H2,1H3,(H,25,27)(H,29,30)(H4,21,22,24)/t14-,15-,16?/m0/s1/i1D. The van der Waals surface area contributed by atoms with E-state index < -0.39 is 30.0 Å². The van der Waals surface area contributed by atoms with Crippen LogP contribution in [0.1, 0.15) is 38.7 Å². The van der Waals surface area contributed by atoms with Crippen LogP contribution in [-0.2, 0) is 14.4 Å². The van der Waals surface area contributed by atoms with Gasteiger partial charge in [0, 0.05) is 14.5 Å². The van der Waals surface area contributed by atoms with Gasteiger partial charge >= 0.3 is 5.97 Å². The number of aliphatic imine (C=N–C) groups is 1. The number of nitrogens with two attached hydrogens (primary N) is 2. The number of guanidine groups is 1. The smallest absolute Gasteiger partial charge is 0.326 e. The van der Waals surface area contributed by atoms with Crippen molar-refractivity contribution in [3.05, 3.63) is 35.9 Å². The van der Waals surface area contributed by atoms with Crippen LogP contribution in [0.3, 0.4) is 0 Å². The monoisotopic (exact) mass is 419 g/mol. The van der Waals surface area contributed by atoms with Gasteiger partial charge in [-0.25, -0.2) is 4.79 Å². The number of hydrogen-bond donors (Lipinski definition) is 5. The predicted octanol–water partition coefficient (Wildman–Crippen LogP) is -0.439. The summed E-state index contributed by atoms with van der Waals surface area (Å²) in [6.07, 6.45) is 1.62. The summed E-state index contributed by atoms with van der Waals surface area (Å²) in [5, 5.41) is 14.8. The van der Waals surface area contributed by atoms with Crippen LogP contribution in [-0.4, -0.2) is 65.9 Å². The molecule has 10 nitrogen and oxygen atoms in total. The molecule has 1 aromatic rings. The predicted molar refractivity (Wildman–Crippen MR) is 112 cm³/mol. The zero-order chi connectivity index (χ0) is 22.8. The van der Waals surface area contributed by atoms with Crippen molar-refractivity contribution >= 4 is 23.7 Å². The minimum atomic E-state index is -1.16. The molecule has 10 heteroatoms.